The molecule has 0 aliphatic rings. The van der Waals surface area contributed by atoms with Crippen molar-refractivity contribution >= 4 is 27.6 Å². The van der Waals surface area contributed by atoms with E-state index in [2.05, 4.69) is 21.0 Å². The summed E-state index contributed by atoms with van der Waals surface area (Å²) >= 11 is 3.40. The molecule has 174 valence electrons. The minimum absolute atomic E-state index is 0.0618. The molecule has 0 atom stereocenters. The topological polar surface area (TPSA) is 75.2 Å². The molecule has 7 heteroatoms. The lowest BCUT2D eigenvalue weighted by atomic mass is 10.0. The van der Waals surface area contributed by atoms with E-state index in [0.29, 0.717) is 23.5 Å². The number of unbranched alkanes of at least 4 members (excludes halogenated alkanes) is 1. The van der Waals surface area contributed by atoms with Gasteiger partial charge in [-0.2, -0.15) is 0 Å². The van der Waals surface area contributed by atoms with Crippen molar-refractivity contribution in [1.82, 2.24) is 14.7 Å². The number of aromatic nitrogens is 2. The summed E-state index contributed by atoms with van der Waals surface area (Å²) in [6.07, 6.45) is 1.66. The fourth-order valence-electron chi connectivity index (χ4n) is 3.67. The van der Waals surface area contributed by atoms with E-state index in [1.54, 1.807) is 23.1 Å². The number of H-pyrrole nitrogens is 1. The predicted molar refractivity (Wildman–Crippen MR) is 134 cm³/mol. The Morgan fingerprint density at radius 3 is 2.42 bits per heavy atom. The van der Waals surface area contributed by atoms with Crippen molar-refractivity contribution in [2.24, 2.45) is 0 Å². The van der Waals surface area contributed by atoms with Gasteiger partial charge in [-0.1, -0.05) is 66.9 Å². The fraction of sp³-hybridized carbons (Fsp3) is 0.346. The Bertz CT molecular complexity index is 1190. The maximum Gasteiger partial charge on any atom is 0.282 e. The summed E-state index contributed by atoms with van der Waals surface area (Å²) in [6, 6.07) is 14.6. The number of benzene rings is 2. The zero-order chi connectivity index (χ0) is 24.1. The zero-order valence-electron chi connectivity index (χ0n) is 19.5. The molecule has 1 heterocycles. The Balaban J connectivity index is 1.97. The lowest BCUT2D eigenvalue weighted by Gasteiger charge is -2.22. The fourth-order valence-corrected chi connectivity index (χ4v) is 4.07. The van der Waals surface area contributed by atoms with Crippen molar-refractivity contribution in [3.8, 4) is 5.69 Å². The number of amides is 1. The van der Waals surface area contributed by atoms with Crippen molar-refractivity contribution in [2.75, 3.05) is 13.1 Å². The summed E-state index contributed by atoms with van der Waals surface area (Å²) in [5.74, 6) is -0.642. The predicted octanol–water partition coefficient (Wildman–Crippen LogP) is 5.49. The highest BCUT2D eigenvalue weighted by molar-refractivity contribution is 9.10. The number of carbonyl (C=O) groups is 2. The minimum Gasteiger partial charge on any atom is -0.331 e. The minimum atomic E-state index is -0.391. The first-order valence-corrected chi connectivity index (χ1v) is 12.0. The zero-order valence-corrected chi connectivity index (χ0v) is 21.1. The van der Waals surface area contributed by atoms with Crippen LogP contribution in [0.5, 0.6) is 0 Å². The molecule has 2 aromatic carbocycles. The molecule has 1 amide bonds. The lowest BCUT2D eigenvalue weighted by molar-refractivity contribution is 0.0706. The number of aromatic amines is 1. The van der Waals surface area contributed by atoms with Gasteiger partial charge in [0.15, 0.2) is 5.78 Å². The van der Waals surface area contributed by atoms with Crippen LogP contribution < -0.4 is 5.56 Å². The lowest BCUT2D eigenvalue weighted by Crippen LogP contribution is -2.38. The van der Waals surface area contributed by atoms with Gasteiger partial charge >= 0.3 is 0 Å². The van der Waals surface area contributed by atoms with Crippen LogP contribution in [0.25, 0.3) is 5.69 Å². The third-order valence-corrected chi connectivity index (χ3v) is 6.03. The normalized spacial score (nSPS) is 11.1. The van der Waals surface area contributed by atoms with E-state index in [4.69, 9.17) is 0 Å². The van der Waals surface area contributed by atoms with Gasteiger partial charge in [0.05, 0.1) is 17.9 Å². The van der Waals surface area contributed by atoms with Crippen molar-refractivity contribution in [3.05, 3.63) is 85.7 Å². The number of hydrogen-bond acceptors (Lipinski definition) is 3. The first kappa shape index (κ1) is 24.7. The first-order valence-electron chi connectivity index (χ1n) is 11.2. The highest BCUT2D eigenvalue weighted by Gasteiger charge is 2.27. The third kappa shape index (κ3) is 5.71. The Morgan fingerprint density at radius 1 is 1.12 bits per heavy atom. The van der Waals surface area contributed by atoms with Crippen molar-refractivity contribution < 1.29 is 9.59 Å². The van der Waals surface area contributed by atoms with E-state index in [1.807, 2.05) is 58.0 Å². The average molecular weight is 512 g/mol. The largest absolute Gasteiger partial charge is 0.331 e. The van der Waals surface area contributed by atoms with Gasteiger partial charge in [-0.3, -0.25) is 19.5 Å². The van der Waals surface area contributed by atoms with Crippen LogP contribution >= 0.6 is 15.9 Å². The van der Waals surface area contributed by atoms with Gasteiger partial charge in [0.1, 0.15) is 5.56 Å². The van der Waals surface area contributed by atoms with E-state index >= 15 is 0 Å². The Hall–Kier alpha value is -2.93. The van der Waals surface area contributed by atoms with Crippen LogP contribution in [0.15, 0.2) is 57.8 Å². The number of carbonyl (C=O) groups excluding carboxylic acids is 2. The molecular weight excluding hydrogens is 482 g/mol. The number of halogens is 1. The molecule has 1 aromatic heterocycles. The maximum atomic E-state index is 13.4. The Kier molecular flexibility index (Phi) is 8.08. The van der Waals surface area contributed by atoms with E-state index in [0.717, 1.165) is 22.9 Å². The SMILES string of the molecule is CCCCN(CC(=O)c1c(C(C)C)[nH]n(-c2ccc(C)cc2)c1=O)C(=O)c1cccc(Br)c1. The monoisotopic (exact) mass is 511 g/mol. The number of ketones is 1. The molecule has 0 unspecified atom stereocenters. The van der Waals surface area contributed by atoms with Crippen LogP contribution in [0.2, 0.25) is 0 Å². The van der Waals surface area contributed by atoms with Gasteiger partial charge < -0.3 is 4.90 Å². The molecule has 6 nitrogen and oxygen atoms in total. The van der Waals surface area contributed by atoms with Crippen LogP contribution in [0, 0.1) is 6.92 Å². The number of aryl methyl sites for hydroxylation is 1. The molecule has 3 rings (SSSR count). The highest BCUT2D eigenvalue weighted by Crippen LogP contribution is 2.19. The van der Waals surface area contributed by atoms with Gasteiger partial charge in [0.25, 0.3) is 11.5 Å². The Labute approximate surface area is 202 Å². The van der Waals surface area contributed by atoms with Crippen LogP contribution in [0.3, 0.4) is 0 Å². The maximum absolute atomic E-state index is 13.4. The Morgan fingerprint density at radius 2 is 1.82 bits per heavy atom. The summed E-state index contributed by atoms with van der Waals surface area (Å²) in [5.41, 5.74) is 2.56. The van der Waals surface area contributed by atoms with Crippen LogP contribution in [-0.2, 0) is 0 Å². The van der Waals surface area contributed by atoms with Crippen LogP contribution in [0.1, 0.15) is 71.5 Å². The summed E-state index contributed by atoms with van der Waals surface area (Å²) < 4.78 is 2.21. The van der Waals surface area contributed by atoms with E-state index in [9.17, 15) is 14.4 Å². The summed E-state index contributed by atoms with van der Waals surface area (Å²) in [4.78, 5) is 41.5. The summed E-state index contributed by atoms with van der Waals surface area (Å²) in [5, 5.41) is 3.12. The quantitative estimate of drug-likeness (QED) is 0.386. The number of hydrogen-bond donors (Lipinski definition) is 1. The van der Waals surface area contributed by atoms with E-state index in [1.165, 1.54) is 4.68 Å². The number of rotatable bonds is 9. The third-order valence-electron chi connectivity index (χ3n) is 5.54. The number of Topliss-reactive ketones (excluding diaryl/α,β-unsaturated/α-hetero) is 1. The first-order chi connectivity index (χ1) is 15.7. The summed E-state index contributed by atoms with van der Waals surface area (Å²) in [6.45, 7) is 8.18. The molecule has 0 radical (unpaired) electrons. The average Bonchev–Trinajstić information content (AvgIpc) is 3.14. The molecular formula is C26H30BrN3O3. The molecule has 0 saturated carbocycles. The van der Waals surface area contributed by atoms with Gasteiger partial charge in [-0.15, -0.1) is 0 Å². The molecule has 0 bridgehead atoms. The smallest absolute Gasteiger partial charge is 0.282 e. The van der Waals surface area contributed by atoms with Crippen LogP contribution in [-0.4, -0.2) is 39.5 Å². The van der Waals surface area contributed by atoms with E-state index in [-0.39, 0.29) is 29.7 Å². The number of nitrogens with one attached hydrogen (secondary N) is 1. The second-order valence-electron chi connectivity index (χ2n) is 8.55. The molecule has 0 fully saturated rings. The van der Waals surface area contributed by atoms with Crippen molar-refractivity contribution in [1.29, 1.82) is 0 Å². The van der Waals surface area contributed by atoms with Gasteiger partial charge in [-0.25, -0.2) is 4.68 Å². The highest BCUT2D eigenvalue weighted by atomic mass is 79.9. The van der Waals surface area contributed by atoms with Gasteiger partial charge in [-0.05, 0) is 49.6 Å². The molecule has 0 aliphatic heterocycles. The van der Waals surface area contributed by atoms with Gasteiger partial charge in [0, 0.05) is 16.6 Å². The second kappa shape index (κ2) is 10.8. The van der Waals surface area contributed by atoms with Crippen molar-refractivity contribution in [3.63, 3.8) is 0 Å². The molecule has 1 N–H and O–H groups in total. The van der Waals surface area contributed by atoms with E-state index < -0.39 is 5.56 Å². The molecule has 0 aliphatic carbocycles. The standard InChI is InChI=1S/C26H30BrN3O3/c1-5-6-14-29(25(32)19-8-7-9-20(27)15-19)16-22(31)23-24(17(2)3)28-30(26(23)33)21-12-10-18(4)11-13-21/h7-13,15,17,28H,5-6,14,16H2,1-4H3. The molecule has 0 saturated heterocycles. The van der Waals surface area contributed by atoms with Gasteiger partial charge in [0.2, 0.25) is 0 Å². The molecule has 3 aromatic rings. The van der Waals surface area contributed by atoms with Crippen molar-refractivity contribution in [2.45, 2.75) is 46.5 Å². The second-order valence-corrected chi connectivity index (χ2v) is 9.46. The molecule has 33 heavy (non-hydrogen) atoms. The number of nitrogens with zero attached hydrogens (tertiary/aromatic N) is 2. The summed E-state index contributed by atoms with van der Waals surface area (Å²) in [7, 11) is 0. The molecule has 0 spiro atoms. The van der Waals surface area contributed by atoms with Crippen LogP contribution in [0.4, 0.5) is 0 Å².